The van der Waals surface area contributed by atoms with Crippen molar-refractivity contribution >= 4 is 35.0 Å². The summed E-state index contributed by atoms with van der Waals surface area (Å²) in [7, 11) is 0. The van der Waals surface area contributed by atoms with Crippen LogP contribution >= 0.6 is 23.2 Å². The second-order valence-electron chi connectivity index (χ2n) is 3.12. The van der Waals surface area contributed by atoms with Crippen LogP contribution in [0.1, 0.15) is 6.42 Å². The number of primary amides is 1. The molecule has 0 aromatic rings. The number of rotatable bonds is 7. The van der Waals surface area contributed by atoms with Crippen molar-refractivity contribution in [1.29, 1.82) is 0 Å². The average Bonchev–Trinajstić information content (AvgIpc) is 2.16. The Labute approximate surface area is 105 Å². The summed E-state index contributed by atoms with van der Waals surface area (Å²) in [4.78, 5) is 23.9. The number of carbonyl (C=O) groups excluding carboxylic acids is 2. The Bertz CT molecular complexity index is 293. The molecule has 0 bridgehead atoms. The zero-order chi connectivity index (χ0) is 12.8. The van der Waals surface area contributed by atoms with E-state index in [1.54, 1.807) is 12.2 Å². The zero-order valence-electron chi connectivity index (χ0n) is 8.79. The minimum atomic E-state index is -1.88. The van der Waals surface area contributed by atoms with Crippen molar-refractivity contribution in [1.82, 2.24) is 4.90 Å². The van der Waals surface area contributed by atoms with Crippen LogP contribution in [0.25, 0.3) is 0 Å². The van der Waals surface area contributed by atoms with Gasteiger partial charge in [0, 0.05) is 13.1 Å². The lowest BCUT2D eigenvalue weighted by molar-refractivity contribution is -0.132. The standard InChI is InChI=1S/C10H14Cl2N2O2/c1-3-5-14(6-4-2)8(15)7-10(11,12)9(13)16/h3-4H,1-2,5-7H2,(H2,13,16). The normalized spacial score (nSPS) is 10.6. The molecule has 0 spiro atoms. The maximum Gasteiger partial charge on any atom is 0.254 e. The van der Waals surface area contributed by atoms with Crippen molar-refractivity contribution in [2.45, 2.75) is 10.8 Å². The van der Waals surface area contributed by atoms with Crippen molar-refractivity contribution in [2.24, 2.45) is 5.73 Å². The third-order valence-electron chi connectivity index (χ3n) is 1.79. The summed E-state index contributed by atoms with van der Waals surface area (Å²) in [5.41, 5.74) is 4.95. The van der Waals surface area contributed by atoms with E-state index in [0.717, 1.165) is 0 Å². The number of amides is 2. The van der Waals surface area contributed by atoms with Crippen LogP contribution in [-0.2, 0) is 9.59 Å². The van der Waals surface area contributed by atoms with Crippen molar-refractivity contribution in [3.63, 3.8) is 0 Å². The van der Waals surface area contributed by atoms with Gasteiger partial charge in [0.1, 0.15) is 0 Å². The first-order valence-electron chi connectivity index (χ1n) is 4.52. The van der Waals surface area contributed by atoms with E-state index >= 15 is 0 Å². The van der Waals surface area contributed by atoms with Gasteiger partial charge >= 0.3 is 0 Å². The van der Waals surface area contributed by atoms with Crippen molar-refractivity contribution in [3.8, 4) is 0 Å². The topological polar surface area (TPSA) is 63.4 Å². The van der Waals surface area contributed by atoms with Gasteiger partial charge in [-0.15, -0.1) is 13.2 Å². The van der Waals surface area contributed by atoms with Gasteiger partial charge < -0.3 is 10.6 Å². The van der Waals surface area contributed by atoms with Gasteiger partial charge in [-0.3, -0.25) is 9.59 Å². The van der Waals surface area contributed by atoms with Crippen LogP contribution in [0.4, 0.5) is 0 Å². The summed E-state index contributed by atoms with van der Waals surface area (Å²) < 4.78 is -1.88. The monoisotopic (exact) mass is 264 g/mol. The lowest BCUT2D eigenvalue weighted by Crippen LogP contribution is -2.41. The summed E-state index contributed by atoms with van der Waals surface area (Å²) in [5, 5.41) is 0. The van der Waals surface area contributed by atoms with Gasteiger partial charge in [0.2, 0.25) is 10.2 Å². The number of nitrogens with two attached hydrogens (primary N) is 1. The first kappa shape index (κ1) is 15.0. The zero-order valence-corrected chi connectivity index (χ0v) is 10.3. The molecule has 90 valence electrons. The SMILES string of the molecule is C=CCN(CC=C)C(=O)CC(Cl)(Cl)C(N)=O. The Hall–Kier alpha value is -1.00. The molecular formula is C10H14Cl2N2O2. The molecule has 0 radical (unpaired) electrons. The predicted molar refractivity (Wildman–Crippen MR) is 65.2 cm³/mol. The van der Waals surface area contributed by atoms with Crippen LogP contribution in [0.5, 0.6) is 0 Å². The van der Waals surface area contributed by atoms with Crippen LogP contribution < -0.4 is 5.73 Å². The molecule has 0 atom stereocenters. The molecule has 2 N–H and O–H groups in total. The molecular weight excluding hydrogens is 251 g/mol. The van der Waals surface area contributed by atoms with Gasteiger partial charge in [0.25, 0.3) is 5.91 Å². The van der Waals surface area contributed by atoms with Gasteiger partial charge in [0.15, 0.2) is 0 Å². The maximum absolute atomic E-state index is 11.7. The number of carbonyl (C=O) groups is 2. The van der Waals surface area contributed by atoms with E-state index in [-0.39, 0.29) is 12.3 Å². The molecule has 0 saturated heterocycles. The van der Waals surface area contributed by atoms with E-state index in [1.165, 1.54) is 4.90 Å². The molecule has 16 heavy (non-hydrogen) atoms. The maximum atomic E-state index is 11.7. The highest BCUT2D eigenvalue weighted by Gasteiger charge is 2.35. The fourth-order valence-electron chi connectivity index (χ4n) is 0.979. The van der Waals surface area contributed by atoms with E-state index in [1.807, 2.05) is 0 Å². The molecule has 4 nitrogen and oxygen atoms in total. The molecule has 0 aromatic heterocycles. The van der Waals surface area contributed by atoms with E-state index in [9.17, 15) is 9.59 Å². The molecule has 0 aromatic carbocycles. The first-order chi connectivity index (χ1) is 7.35. The highest BCUT2D eigenvalue weighted by molar-refractivity contribution is 6.58. The average molecular weight is 265 g/mol. The van der Waals surface area contributed by atoms with Gasteiger partial charge in [-0.25, -0.2) is 0 Å². The quantitative estimate of drug-likeness (QED) is 0.556. The summed E-state index contributed by atoms with van der Waals surface area (Å²) in [6, 6.07) is 0. The van der Waals surface area contributed by atoms with Crippen molar-refractivity contribution in [3.05, 3.63) is 25.3 Å². The highest BCUT2D eigenvalue weighted by Crippen LogP contribution is 2.25. The van der Waals surface area contributed by atoms with Gasteiger partial charge in [-0.2, -0.15) is 0 Å². The number of alkyl halides is 2. The Morgan fingerprint density at radius 1 is 1.25 bits per heavy atom. The minimum absolute atomic E-state index is 0.327. The summed E-state index contributed by atoms with van der Waals surface area (Å²) in [6.45, 7) is 7.68. The first-order valence-corrected chi connectivity index (χ1v) is 5.28. The van der Waals surface area contributed by atoms with Crippen LogP contribution in [-0.4, -0.2) is 34.1 Å². The Morgan fingerprint density at radius 2 is 1.69 bits per heavy atom. The van der Waals surface area contributed by atoms with Crippen LogP contribution in [0.3, 0.4) is 0 Å². The molecule has 0 fully saturated rings. The summed E-state index contributed by atoms with van der Waals surface area (Å²) >= 11 is 11.2. The molecule has 0 aliphatic rings. The van der Waals surface area contributed by atoms with E-state index in [0.29, 0.717) is 13.1 Å². The molecule has 0 saturated carbocycles. The molecule has 0 aliphatic heterocycles. The Morgan fingerprint density at radius 3 is 2.00 bits per heavy atom. The molecule has 0 aliphatic carbocycles. The second kappa shape index (κ2) is 6.55. The van der Waals surface area contributed by atoms with Crippen molar-refractivity contribution in [2.75, 3.05) is 13.1 Å². The third kappa shape index (κ3) is 4.68. The van der Waals surface area contributed by atoms with Crippen LogP contribution in [0.15, 0.2) is 25.3 Å². The van der Waals surface area contributed by atoms with Gasteiger partial charge in [-0.05, 0) is 0 Å². The predicted octanol–water partition coefficient (Wildman–Crippen LogP) is 1.24. The van der Waals surface area contributed by atoms with E-state index in [4.69, 9.17) is 28.9 Å². The van der Waals surface area contributed by atoms with Crippen LogP contribution in [0, 0.1) is 0 Å². The summed E-state index contributed by atoms with van der Waals surface area (Å²) in [6.07, 6.45) is 2.73. The summed E-state index contributed by atoms with van der Waals surface area (Å²) in [5.74, 6) is -1.33. The third-order valence-corrected chi connectivity index (χ3v) is 2.43. The number of hydrogen-bond acceptors (Lipinski definition) is 2. The number of nitrogens with zero attached hydrogens (tertiary/aromatic N) is 1. The lowest BCUT2D eigenvalue weighted by Gasteiger charge is -2.22. The largest absolute Gasteiger partial charge is 0.367 e. The van der Waals surface area contributed by atoms with Gasteiger partial charge in [0.05, 0.1) is 6.42 Å². The molecule has 0 unspecified atom stereocenters. The molecule has 2 amide bonds. The fraction of sp³-hybridized carbons (Fsp3) is 0.400. The van der Waals surface area contributed by atoms with E-state index < -0.39 is 10.2 Å². The number of hydrogen-bond donors (Lipinski definition) is 1. The highest BCUT2D eigenvalue weighted by atomic mass is 35.5. The van der Waals surface area contributed by atoms with E-state index in [2.05, 4.69) is 13.2 Å². The smallest absolute Gasteiger partial charge is 0.254 e. The minimum Gasteiger partial charge on any atom is -0.367 e. The van der Waals surface area contributed by atoms with Crippen LogP contribution in [0.2, 0.25) is 0 Å². The fourth-order valence-corrected chi connectivity index (χ4v) is 1.21. The Kier molecular flexibility index (Phi) is 6.14. The lowest BCUT2D eigenvalue weighted by atomic mass is 10.2. The Balaban J connectivity index is 4.57. The van der Waals surface area contributed by atoms with Crippen molar-refractivity contribution < 1.29 is 9.59 Å². The molecule has 6 heteroatoms. The second-order valence-corrected chi connectivity index (χ2v) is 4.61. The van der Waals surface area contributed by atoms with Gasteiger partial charge in [-0.1, -0.05) is 35.4 Å². The molecule has 0 rings (SSSR count). The molecule has 0 heterocycles. The number of halogens is 2.